The monoisotopic (exact) mass is 267 g/mol. The minimum absolute atomic E-state index is 0. The predicted molar refractivity (Wildman–Crippen MR) is 58.7 cm³/mol. The topological polar surface area (TPSA) is 184 Å². The molecule has 0 aromatic heterocycles. The summed E-state index contributed by atoms with van der Waals surface area (Å²) in [5.74, 6) is -4.05. The van der Waals surface area contributed by atoms with Gasteiger partial charge in [-0.3, -0.25) is 19.2 Å². The number of hydrogen-bond acceptors (Lipinski definition) is 5. The molecule has 9 nitrogen and oxygen atoms in total. The van der Waals surface area contributed by atoms with E-state index in [1.165, 1.54) is 0 Å². The Morgan fingerprint density at radius 2 is 0.778 bits per heavy atom. The second kappa shape index (κ2) is 12.9. The van der Waals surface area contributed by atoms with Crippen molar-refractivity contribution in [3.05, 3.63) is 0 Å². The Morgan fingerprint density at radius 1 is 0.556 bits per heavy atom. The van der Waals surface area contributed by atoms with E-state index in [2.05, 4.69) is 0 Å². The van der Waals surface area contributed by atoms with Crippen LogP contribution >= 0.6 is 0 Å². The summed E-state index contributed by atoms with van der Waals surface area (Å²) in [4.78, 5) is 38.9. The summed E-state index contributed by atoms with van der Waals surface area (Å²) in [6.07, 6.45) is -0.506. The van der Waals surface area contributed by atoms with Gasteiger partial charge in [-0.1, -0.05) is 0 Å². The summed E-state index contributed by atoms with van der Waals surface area (Å²) in [5, 5.41) is 31.9. The van der Waals surface area contributed by atoms with Crippen molar-refractivity contribution < 1.29 is 39.6 Å². The lowest BCUT2D eigenvalue weighted by Crippen LogP contribution is -2.00. The second-order valence-corrected chi connectivity index (χ2v) is 2.93. The van der Waals surface area contributed by atoms with Crippen LogP contribution in [-0.2, 0) is 19.2 Å². The fourth-order valence-corrected chi connectivity index (χ4v) is 0.605. The quantitative estimate of drug-likeness (QED) is 0.436. The third-order valence-electron chi connectivity index (χ3n) is 1.33. The number of carboxylic acids is 4. The average molecular weight is 267 g/mol. The summed E-state index contributed by atoms with van der Waals surface area (Å²) in [5.41, 5.74) is 0. The molecule has 106 valence electrons. The van der Waals surface area contributed by atoms with E-state index in [4.69, 9.17) is 20.4 Å². The van der Waals surface area contributed by atoms with Crippen molar-refractivity contribution in [2.75, 3.05) is 0 Å². The van der Waals surface area contributed by atoms with E-state index in [0.29, 0.717) is 0 Å². The molecular weight excluding hydrogens is 250 g/mol. The number of aliphatic carboxylic acids is 4. The van der Waals surface area contributed by atoms with E-state index in [0.717, 1.165) is 0 Å². The Hall–Kier alpha value is -2.16. The summed E-state index contributed by atoms with van der Waals surface area (Å²) in [7, 11) is 0. The minimum atomic E-state index is -1.08. The molecule has 7 N–H and O–H groups in total. The predicted octanol–water partition coefficient (Wildman–Crippen LogP) is 0.424. The van der Waals surface area contributed by atoms with Crippen LogP contribution in [0.4, 0.5) is 0 Å². The van der Waals surface area contributed by atoms with Crippen LogP contribution in [0, 0.1) is 0 Å². The van der Waals surface area contributed by atoms with Crippen LogP contribution in [0.5, 0.6) is 0 Å². The van der Waals surface area contributed by atoms with Gasteiger partial charge in [-0.2, -0.15) is 0 Å². The Bertz CT molecular complexity index is 260. The zero-order chi connectivity index (χ0) is 13.8. The van der Waals surface area contributed by atoms with Crippen molar-refractivity contribution in [1.82, 2.24) is 6.15 Å². The first-order valence-electron chi connectivity index (χ1n) is 4.63. The third-order valence-corrected chi connectivity index (χ3v) is 1.33. The molecule has 0 spiro atoms. The molecule has 0 atom stereocenters. The van der Waals surface area contributed by atoms with Gasteiger partial charge in [-0.15, -0.1) is 0 Å². The highest BCUT2D eigenvalue weighted by Crippen LogP contribution is 1.93. The van der Waals surface area contributed by atoms with Gasteiger partial charge in [-0.25, -0.2) is 0 Å². The Labute approximate surface area is 103 Å². The fraction of sp³-hybridized carbons (Fsp3) is 0.556. The van der Waals surface area contributed by atoms with Crippen molar-refractivity contribution in [2.45, 2.75) is 32.1 Å². The van der Waals surface area contributed by atoms with Crippen LogP contribution in [0.3, 0.4) is 0 Å². The summed E-state index contributed by atoms with van der Waals surface area (Å²) in [6, 6.07) is 0. The van der Waals surface area contributed by atoms with Gasteiger partial charge in [0.2, 0.25) is 0 Å². The Morgan fingerprint density at radius 3 is 0.944 bits per heavy atom. The number of carboxylic acid groups (broad SMARTS) is 4. The van der Waals surface area contributed by atoms with E-state index in [9.17, 15) is 19.2 Å². The van der Waals surface area contributed by atoms with Gasteiger partial charge in [0.25, 0.3) is 0 Å². The molecule has 0 aromatic rings. The Balaban J connectivity index is -0.000000238. The molecule has 0 fully saturated rings. The first-order chi connectivity index (χ1) is 7.75. The van der Waals surface area contributed by atoms with Crippen LogP contribution in [0.25, 0.3) is 0 Å². The standard InChI is InChI=1S/C5H8O4.C4H6O4.H3N/c6-4(7)2-1-3-5(8)9;5-3(6)1-2-4(7)8;/h1-3H2,(H,6,7)(H,8,9);1-2H2,(H,5,6)(H,7,8);1H3. The molecule has 0 aromatic carbocycles. The van der Waals surface area contributed by atoms with Crippen LogP contribution in [-0.4, -0.2) is 44.3 Å². The fourth-order valence-electron chi connectivity index (χ4n) is 0.605. The number of hydrogen-bond donors (Lipinski definition) is 5. The van der Waals surface area contributed by atoms with Gasteiger partial charge >= 0.3 is 23.9 Å². The second-order valence-electron chi connectivity index (χ2n) is 2.93. The molecule has 0 unspecified atom stereocenters. The van der Waals surface area contributed by atoms with E-state index in [1.54, 1.807) is 0 Å². The van der Waals surface area contributed by atoms with Crippen LogP contribution in [0.15, 0.2) is 0 Å². The molecule has 9 heteroatoms. The number of rotatable bonds is 7. The molecule has 0 heterocycles. The molecule has 0 rings (SSSR count). The van der Waals surface area contributed by atoms with Crippen molar-refractivity contribution in [1.29, 1.82) is 0 Å². The molecular formula is C9H17NO8. The van der Waals surface area contributed by atoms with Crippen molar-refractivity contribution in [3.63, 3.8) is 0 Å². The highest BCUT2D eigenvalue weighted by Gasteiger charge is 2.00. The SMILES string of the molecule is N.O=C(O)CCC(=O)O.O=C(O)CCCC(=O)O. The first-order valence-corrected chi connectivity index (χ1v) is 4.63. The minimum Gasteiger partial charge on any atom is -0.481 e. The van der Waals surface area contributed by atoms with Crippen molar-refractivity contribution in [3.8, 4) is 0 Å². The van der Waals surface area contributed by atoms with E-state index in [1.807, 2.05) is 0 Å². The normalized spacial score (nSPS) is 8.22. The van der Waals surface area contributed by atoms with Crippen molar-refractivity contribution >= 4 is 23.9 Å². The third kappa shape index (κ3) is 29.2. The smallest absolute Gasteiger partial charge is 0.303 e. The van der Waals surface area contributed by atoms with Gasteiger partial charge in [0, 0.05) is 12.8 Å². The van der Waals surface area contributed by atoms with E-state index >= 15 is 0 Å². The number of carbonyl (C=O) groups is 4. The first kappa shape index (κ1) is 21.2. The molecule has 0 aliphatic heterocycles. The zero-order valence-electron chi connectivity index (χ0n) is 9.66. The van der Waals surface area contributed by atoms with Crippen LogP contribution in [0.2, 0.25) is 0 Å². The van der Waals surface area contributed by atoms with Crippen molar-refractivity contribution in [2.24, 2.45) is 0 Å². The summed E-state index contributed by atoms with van der Waals surface area (Å²) < 4.78 is 0. The molecule has 18 heavy (non-hydrogen) atoms. The lowest BCUT2D eigenvalue weighted by molar-refractivity contribution is -0.143. The molecule has 0 saturated carbocycles. The Kier molecular flexibility index (Phi) is 15.2. The van der Waals surface area contributed by atoms with Gasteiger partial charge in [-0.05, 0) is 6.42 Å². The molecule has 0 radical (unpaired) electrons. The van der Waals surface area contributed by atoms with E-state index in [-0.39, 0.29) is 38.3 Å². The maximum Gasteiger partial charge on any atom is 0.303 e. The summed E-state index contributed by atoms with van der Waals surface area (Å²) >= 11 is 0. The largest absolute Gasteiger partial charge is 0.481 e. The van der Waals surface area contributed by atoms with Crippen LogP contribution in [0.1, 0.15) is 32.1 Å². The highest BCUT2D eigenvalue weighted by atomic mass is 16.4. The molecule has 0 amide bonds. The summed E-state index contributed by atoms with van der Waals surface area (Å²) in [6.45, 7) is 0. The molecule has 0 aliphatic rings. The highest BCUT2D eigenvalue weighted by molar-refractivity contribution is 5.75. The van der Waals surface area contributed by atoms with Gasteiger partial charge in [0.1, 0.15) is 0 Å². The zero-order valence-corrected chi connectivity index (χ0v) is 9.66. The molecule has 0 saturated heterocycles. The maximum absolute atomic E-state index is 9.79. The lowest BCUT2D eigenvalue weighted by Gasteiger charge is -1.89. The lowest BCUT2D eigenvalue weighted by atomic mass is 10.2. The van der Waals surface area contributed by atoms with Crippen LogP contribution < -0.4 is 6.15 Å². The molecule has 0 bridgehead atoms. The van der Waals surface area contributed by atoms with Gasteiger partial charge in [0.05, 0.1) is 12.8 Å². The molecule has 0 aliphatic carbocycles. The van der Waals surface area contributed by atoms with E-state index < -0.39 is 23.9 Å². The van der Waals surface area contributed by atoms with Gasteiger partial charge < -0.3 is 26.6 Å². The average Bonchev–Trinajstić information content (AvgIpc) is 2.14. The van der Waals surface area contributed by atoms with Gasteiger partial charge in [0.15, 0.2) is 0 Å². The maximum atomic E-state index is 9.79.